The van der Waals surface area contributed by atoms with E-state index in [2.05, 4.69) is 24.4 Å². The molecule has 0 spiro atoms. The molecule has 0 bridgehead atoms. The van der Waals surface area contributed by atoms with Gasteiger partial charge in [0.2, 0.25) is 0 Å². The van der Waals surface area contributed by atoms with Crippen LogP contribution >= 0.6 is 0 Å². The molecule has 0 aromatic heterocycles. The minimum absolute atomic E-state index is 0.149. The average Bonchev–Trinajstić information content (AvgIpc) is 2.50. The van der Waals surface area contributed by atoms with E-state index in [0.717, 1.165) is 18.5 Å². The summed E-state index contributed by atoms with van der Waals surface area (Å²) in [6.07, 6.45) is 0.913. The molecule has 1 atom stereocenters. The van der Waals surface area contributed by atoms with Gasteiger partial charge in [-0.1, -0.05) is 43.3 Å². The minimum atomic E-state index is -0.187. The van der Waals surface area contributed by atoms with Gasteiger partial charge in [0, 0.05) is 19.7 Å². The predicted octanol–water partition coefficient (Wildman–Crippen LogP) is 4.21. The lowest BCUT2D eigenvalue weighted by molar-refractivity contribution is 0.184. The first-order chi connectivity index (χ1) is 10.2. The second-order valence-corrected chi connectivity index (χ2v) is 5.10. The molecule has 0 amide bonds. The first-order valence-corrected chi connectivity index (χ1v) is 7.29. The molecule has 0 radical (unpaired) electrons. The molecule has 0 aliphatic carbocycles. The third-order valence-electron chi connectivity index (χ3n) is 3.62. The number of ether oxygens (including phenoxy) is 1. The van der Waals surface area contributed by atoms with Gasteiger partial charge < -0.3 is 10.1 Å². The molecular formula is C18H22FNO. The van der Waals surface area contributed by atoms with Crippen molar-refractivity contribution in [3.63, 3.8) is 0 Å². The molecule has 3 heteroatoms. The topological polar surface area (TPSA) is 21.3 Å². The Morgan fingerprint density at radius 2 is 1.86 bits per heavy atom. The standard InChI is InChI=1S/C18H22FNO/c1-3-18(14-9-6-10-17(19)11-14)20-12-15-7-4-5-8-16(15)13-21-2/h4-11,18,20H,3,12-13H2,1-2H3. The maximum Gasteiger partial charge on any atom is 0.123 e. The fraction of sp³-hybridized carbons (Fsp3) is 0.333. The summed E-state index contributed by atoms with van der Waals surface area (Å²) in [4.78, 5) is 0. The molecule has 0 aliphatic rings. The molecule has 0 saturated carbocycles. The first kappa shape index (κ1) is 15.7. The molecule has 0 heterocycles. The van der Waals surface area contributed by atoms with Crippen molar-refractivity contribution < 1.29 is 9.13 Å². The van der Waals surface area contributed by atoms with E-state index in [-0.39, 0.29) is 11.9 Å². The predicted molar refractivity (Wildman–Crippen MR) is 83.4 cm³/mol. The van der Waals surface area contributed by atoms with E-state index in [1.807, 2.05) is 18.2 Å². The molecule has 2 aromatic rings. The third kappa shape index (κ3) is 4.38. The molecule has 1 unspecified atom stereocenters. The Labute approximate surface area is 126 Å². The van der Waals surface area contributed by atoms with Crippen LogP contribution in [0.25, 0.3) is 0 Å². The lowest BCUT2D eigenvalue weighted by Gasteiger charge is -2.19. The zero-order valence-electron chi connectivity index (χ0n) is 12.6. The van der Waals surface area contributed by atoms with Crippen molar-refractivity contribution in [1.82, 2.24) is 5.32 Å². The van der Waals surface area contributed by atoms with Crippen molar-refractivity contribution in [2.24, 2.45) is 0 Å². The van der Waals surface area contributed by atoms with E-state index >= 15 is 0 Å². The molecule has 0 aliphatic heterocycles. The zero-order chi connectivity index (χ0) is 15.1. The van der Waals surface area contributed by atoms with E-state index in [0.29, 0.717) is 6.61 Å². The van der Waals surface area contributed by atoms with Crippen molar-refractivity contribution in [1.29, 1.82) is 0 Å². The lowest BCUT2D eigenvalue weighted by atomic mass is 10.0. The second-order valence-electron chi connectivity index (χ2n) is 5.10. The van der Waals surface area contributed by atoms with Crippen LogP contribution in [0.2, 0.25) is 0 Å². The summed E-state index contributed by atoms with van der Waals surface area (Å²) in [6.45, 7) is 3.45. The van der Waals surface area contributed by atoms with E-state index in [9.17, 15) is 4.39 Å². The van der Waals surface area contributed by atoms with Crippen LogP contribution in [0.15, 0.2) is 48.5 Å². The summed E-state index contributed by atoms with van der Waals surface area (Å²) >= 11 is 0. The van der Waals surface area contributed by atoms with Crippen LogP contribution in [0.3, 0.4) is 0 Å². The van der Waals surface area contributed by atoms with Gasteiger partial charge in [-0.25, -0.2) is 4.39 Å². The SMILES string of the molecule is CCC(NCc1ccccc1COC)c1cccc(F)c1. The molecule has 1 N–H and O–H groups in total. The number of methoxy groups -OCH3 is 1. The normalized spacial score (nSPS) is 12.3. The van der Waals surface area contributed by atoms with Crippen LogP contribution in [0.5, 0.6) is 0 Å². The Bertz CT molecular complexity index is 571. The van der Waals surface area contributed by atoms with Gasteiger partial charge in [0.25, 0.3) is 0 Å². The number of nitrogens with one attached hydrogen (secondary N) is 1. The maximum atomic E-state index is 13.3. The van der Waals surface area contributed by atoms with Crippen molar-refractivity contribution in [2.45, 2.75) is 32.5 Å². The van der Waals surface area contributed by atoms with Crippen molar-refractivity contribution in [3.8, 4) is 0 Å². The summed E-state index contributed by atoms with van der Waals surface area (Å²) in [5.74, 6) is -0.187. The summed E-state index contributed by atoms with van der Waals surface area (Å²) in [5, 5.41) is 3.51. The molecule has 2 nitrogen and oxygen atoms in total. The highest BCUT2D eigenvalue weighted by molar-refractivity contribution is 5.27. The van der Waals surface area contributed by atoms with E-state index in [1.54, 1.807) is 19.2 Å². The smallest absolute Gasteiger partial charge is 0.123 e. The molecule has 2 rings (SSSR count). The fourth-order valence-corrected chi connectivity index (χ4v) is 2.48. The molecule has 0 saturated heterocycles. The van der Waals surface area contributed by atoms with Gasteiger partial charge in [0.1, 0.15) is 5.82 Å². The van der Waals surface area contributed by atoms with Gasteiger partial charge in [0.15, 0.2) is 0 Å². The van der Waals surface area contributed by atoms with E-state index in [4.69, 9.17) is 4.74 Å². The summed E-state index contributed by atoms with van der Waals surface area (Å²) in [7, 11) is 1.70. The highest BCUT2D eigenvalue weighted by Gasteiger charge is 2.10. The number of hydrogen-bond acceptors (Lipinski definition) is 2. The Kier molecular flexibility index (Phi) is 5.90. The Morgan fingerprint density at radius 1 is 1.10 bits per heavy atom. The van der Waals surface area contributed by atoms with Crippen LogP contribution in [-0.4, -0.2) is 7.11 Å². The lowest BCUT2D eigenvalue weighted by Crippen LogP contribution is -2.21. The van der Waals surface area contributed by atoms with E-state index in [1.165, 1.54) is 17.2 Å². The Morgan fingerprint density at radius 3 is 2.52 bits per heavy atom. The molecule has 2 aromatic carbocycles. The fourth-order valence-electron chi connectivity index (χ4n) is 2.48. The van der Waals surface area contributed by atoms with Crippen molar-refractivity contribution >= 4 is 0 Å². The van der Waals surface area contributed by atoms with Crippen LogP contribution < -0.4 is 5.32 Å². The van der Waals surface area contributed by atoms with Gasteiger partial charge in [-0.15, -0.1) is 0 Å². The zero-order valence-corrected chi connectivity index (χ0v) is 12.6. The van der Waals surface area contributed by atoms with Crippen LogP contribution in [0.4, 0.5) is 4.39 Å². The Hall–Kier alpha value is -1.71. The van der Waals surface area contributed by atoms with Crippen molar-refractivity contribution in [2.75, 3.05) is 7.11 Å². The average molecular weight is 287 g/mol. The first-order valence-electron chi connectivity index (χ1n) is 7.29. The highest BCUT2D eigenvalue weighted by atomic mass is 19.1. The summed E-state index contributed by atoms with van der Waals surface area (Å²) < 4.78 is 18.6. The van der Waals surface area contributed by atoms with Crippen LogP contribution in [0, 0.1) is 5.82 Å². The Balaban J connectivity index is 2.07. The third-order valence-corrected chi connectivity index (χ3v) is 3.62. The van der Waals surface area contributed by atoms with Gasteiger partial charge in [-0.3, -0.25) is 0 Å². The molecule has 0 fully saturated rings. The molecular weight excluding hydrogens is 265 g/mol. The number of hydrogen-bond donors (Lipinski definition) is 1. The van der Waals surface area contributed by atoms with Crippen molar-refractivity contribution in [3.05, 3.63) is 71.0 Å². The molecule has 21 heavy (non-hydrogen) atoms. The number of rotatable bonds is 7. The number of benzene rings is 2. The van der Waals surface area contributed by atoms with Gasteiger partial charge >= 0.3 is 0 Å². The minimum Gasteiger partial charge on any atom is -0.380 e. The van der Waals surface area contributed by atoms with Crippen LogP contribution in [0.1, 0.15) is 36.1 Å². The maximum absolute atomic E-state index is 13.3. The van der Waals surface area contributed by atoms with Gasteiger partial charge in [0.05, 0.1) is 6.61 Å². The summed E-state index contributed by atoms with van der Waals surface area (Å²) in [5.41, 5.74) is 3.39. The monoisotopic (exact) mass is 287 g/mol. The largest absolute Gasteiger partial charge is 0.380 e. The number of halogens is 1. The quantitative estimate of drug-likeness (QED) is 0.823. The molecule has 112 valence electrons. The highest BCUT2D eigenvalue weighted by Crippen LogP contribution is 2.19. The summed E-state index contributed by atoms with van der Waals surface area (Å²) in [6, 6.07) is 15.2. The van der Waals surface area contributed by atoms with Crippen LogP contribution in [-0.2, 0) is 17.9 Å². The van der Waals surface area contributed by atoms with E-state index < -0.39 is 0 Å². The second kappa shape index (κ2) is 7.91. The van der Waals surface area contributed by atoms with Gasteiger partial charge in [-0.05, 0) is 35.2 Å². The van der Waals surface area contributed by atoms with Gasteiger partial charge in [-0.2, -0.15) is 0 Å².